The second-order valence-corrected chi connectivity index (χ2v) is 8.79. The molecule has 11 heteroatoms. The number of hydrogen-bond acceptors (Lipinski definition) is 5. The molecule has 0 aliphatic heterocycles. The highest BCUT2D eigenvalue weighted by atomic mass is 35.5. The summed E-state index contributed by atoms with van der Waals surface area (Å²) in [5.74, 6) is 0.101. The Kier molecular flexibility index (Phi) is 7.83. The summed E-state index contributed by atoms with van der Waals surface area (Å²) in [7, 11) is 1.77. The zero-order chi connectivity index (χ0) is 22.5. The number of rotatable bonds is 7. The van der Waals surface area contributed by atoms with Crippen LogP contribution in [-0.4, -0.2) is 32.3 Å². The highest BCUT2D eigenvalue weighted by Gasteiger charge is 2.20. The van der Waals surface area contributed by atoms with Gasteiger partial charge in [-0.25, -0.2) is 0 Å². The summed E-state index contributed by atoms with van der Waals surface area (Å²) in [6.45, 7) is 1.79. The van der Waals surface area contributed by atoms with Gasteiger partial charge < -0.3 is 15.2 Å². The van der Waals surface area contributed by atoms with E-state index in [1.807, 2.05) is 0 Å². The lowest BCUT2D eigenvalue weighted by Gasteiger charge is -2.14. The van der Waals surface area contributed by atoms with Crippen molar-refractivity contribution < 1.29 is 9.59 Å². The zero-order valence-electron chi connectivity index (χ0n) is 16.5. The number of carbonyl (C=O) groups is 2. The number of aromatic nitrogens is 3. The van der Waals surface area contributed by atoms with Crippen LogP contribution in [0.1, 0.15) is 29.1 Å². The van der Waals surface area contributed by atoms with Crippen molar-refractivity contribution in [3.8, 4) is 0 Å². The largest absolute Gasteiger partial charge is 0.342 e. The van der Waals surface area contributed by atoms with Gasteiger partial charge >= 0.3 is 0 Å². The molecule has 0 bridgehead atoms. The molecule has 0 fully saturated rings. The SMILES string of the molecule is C[C@H](NC(=O)c1ccccc1Cl)c1nnc(SCC(=O)Nc2cc(Cl)cc(Cl)c2)n1C. The summed E-state index contributed by atoms with van der Waals surface area (Å²) in [5.41, 5.74) is 0.892. The Hall–Kier alpha value is -2.26. The number of nitrogens with one attached hydrogen (secondary N) is 2. The molecule has 0 aliphatic rings. The third kappa shape index (κ3) is 6.13. The van der Waals surface area contributed by atoms with Crippen molar-refractivity contribution in [2.24, 2.45) is 7.05 Å². The molecule has 1 aromatic heterocycles. The Morgan fingerprint density at radius 1 is 1.10 bits per heavy atom. The van der Waals surface area contributed by atoms with E-state index in [2.05, 4.69) is 20.8 Å². The Morgan fingerprint density at radius 2 is 1.77 bits per heavy atom. The molecule has 1 heterocycles. The first-order valence-electron chi connectivity index (χ1n) is 9.08. The number of amides is 2. The second-order valence-electron chi connectivity index (χ2n) is 6.57. The summed E-state index contributed by atoms with van der Waals surface area (Å²) in [5, 5.41) is 15.6. The maximum atomic E-state index is 12.5. The molecule has 2 N–H and O–H groups in total. The number of nitrogens with zero attached hydrogens (tertiary/aromatic N) is 3. The van der Waals surface area contributed by atoms with E-state index in [-0.39, 0.29) is 17.6 Å². The highest BCUT2D eigenvalue weighted by molar-refractivity contribution is 7.99. The van der Waals surface area contributed by atoms with E-state index in [0.717, 1.165) is 0 Å². The monoisotopic (exact) mass is 497 g/mol. The lowest BCUT2D eigenvalue weighted by molar-refractivity contribution is -0.113. The van der Waals surface area contributed by atoms with Crippen LogP contribution in [0.25, 0.3) is 0 Å². The smallest absolute Gasteiger partial charge is 0.253 e. The normalized spacial score (nSPS) is 11.8. The average Bonchev–Trinajstić information content (AvgIpc) is 3.06. The topological polar surface area (TPSA) is 88.9 Å². The fourth-order valence-corrected chi connectivity index (χ4v) is 4.23. The van der Waals surface area contributed by atoms with Crippen molar-refractivity contribution in [3.63, 3.8) is 0 Å². The van der Waals surface area contributed by atoms with Crippen LogP contribution in [0.5, 0.6) is 0 Å². The van der Waals surface area contributed by atoms with Gasteiger partial charge in [0.05, 0.1) is 22.4 Å². The van der Waals surface area contributed by atoms with Gasteiger partial charge in [-0.05, 0) is 37.3 Å². The first-order chi connectivity index (χ1) is 14.7. The van der Waals surface area contributed by atoms with Crippen LogP contribution in [0.2, 0.25) is 15.1 Å². The van der Waals surface area contributed by atoms with Gasteiger partial charge in [0.2, 0.25) is 5.91 Å². The standard InChI is InChI=1S/C20H18Cl3N5O2S/c1-11(24-19(30)15-5-3-4-6-16(15)23)18-26-27-20(28(18)2)31-10-17(29)25-14-8-12(21)7-13(22)9-14/h3-9,11H,10H2,1-2H3,(H,24,30)(H,25,29)/t11-/m0/s1. The van der Waals surface area contributed by atoms with Gasteiger partial charge in [-0.3, -0.25) is 9.59 Å². The van der Waals surface area contributed by atoms with Crippen LogP contribution in [0.4, 0.5) is 5.69 Å². The lowest BCUT2D eigenvalue weighted by Crippen LogP contribution is -2.28. The molecule has 31 heavy (non-hydrogen) atoms. The Morgan fingerprint density at radius 3 is 2.45 bits per heavy atom. The predicted octanol–water partition coefficient (Wildman–Crippen LogP) is 5.00. The number of thioether (sulfide) groups is 1. The number of halogens is 3. The number of carbonyl (C=O) groups excluding carboxylic acids is 2. The van der Waals surface area contributed by atoms with Gasteiger partial charge in [-0.1, -0.05) is 58.7 Å². The third-order valence-electron chi connectivity index (χ3n) is 4.20. The van der Waals surface area contributed by atoms with E-state index in [4.69, 9.17) is 34.8 Å². The van der Waals surface area contributed by atoms with E-state index in [0.29, 0.717) is 37.3 Å². The van der Waals surface area contributed by atoms with E-state index in [1.165, 1.54) is 11.8 Å². The van der Waals surface area contributed by atoms with Crippen LogP contribution in [0.3, 0.4) is 0 Å². The molecule has 0 saturated heterocycles. The third-order valence-corrected chi connectivity index (χ3v) is 5.99. The lowest BCUT2D eigenvalue weighted by atomic mass is 10.2. The molecule has 0 spiro atoms. The Balaban J connectivity index is 1.59. The average molecular weight is 499 g/mol. The maximum Gasteiger partial charge on any atom is 0.253 e. The van der Waals surface area contributed by atoms with Crippen molar-refractivity contribution in [2.75, 3.05) is 11.1 Å². The van der Waals surface area contributed by atoms with Gasteiger partial charge in [0.25, 0.3) is 5.91 Å². The Bertz CT molecular complexity index is 1100. The summed E-state index contributed by atoms with van der Waals surface area (Å²) >= 11 is 19.2. The van der Waals surface area contributed by atoms with E-state index < -0.39 is 6.04 Å². The minimum absolute atomic E-state index is 0.108. The number of benzene rings is 2. The van der Waals surface area contributed by atoms with Gasteiger partial charge in [0, 0.05) is 22.8 Å². The van der Waals surface area contributed by atoms with Crippen LogP contribution in [0, 0.1) is 0 Å². The van der Waals surface area contributed by atoms with E-state index in [1.54, 1.807) is 61.0 Å². The molecule has 162 valence electrons. The summed E-state index contributed by atoms with van der Waals surface area (Å²) in [6, 6.07) is 11.2. The van der Waals surface area contributed by atoms with Crippen LogP contribution >= 0.6 is 46.6 Å². The van der Waals surface area contributed by atoms with Gasteiger partial charge in [0.15, 0.2) is 11.0 Å². The molecule has 7 nitrogen and oxygen atoms in total. The summed E-state index contributed by atoms with van der Waals surface area (Å²) in [4.78, 5) is 24.7. The summed E-state index contributed by atoms with van der Waals surface area (Å²) < 4.78 is 1.73. The molecule has 0 radical (unpaired) electrons. The van der Waals surface area contributed by atoms with Crippen molar-refractivity contribution in [1.82, 2.24) is 20.1 Å². The van der Waals surface area contributed by atoms with Crippen molar-refractivity contribution >= 4 is 64.1 Å². The van der Waals surface area contributed by atoms with Crippen LogP contribution in [-0.2, 0) is 11.8 Å². The molecular weight excluding hydrogens is 481 g/mol. The summed E-state index contributed by atoms with van der Waals surface area (Å²) in [6.07, 6.45) is 0. The number of hydrogen-bond donors (Lipinski definition) is 2. The van der Waals surface area contributed by atoms with Gasteiger partial charge in [-0.2, -0.15) is 0 Å². The minimum Gasteiger partial charge on any atom is -0.342 e. The second kappa shape index (κ2) is 10.4. The molecule has 0 unspecified atom stereocenters. The molecular formula is C20H18Cl3N5O2S. The maximum absolute atomic E-state index is 12.5. The van der Waals surface area contributed by atoms with Crippen LogP contribution < -0.4 is 10.6 Å². The van der Waals surface area contributed by atoms with Gasteiger partial charge in [-0.15, -0.1) is 10.2 Å². The highest BCUT2D eigenvalue weighted by Crippen LogP contribution is 2.24. The van der Waals surface area contributed by atoms with E-state index >= 15 is 0 Å². The quantitative estimate of drug-likeness (QED) is 0.448. The predicted molar refractivity (Wildman–Crippen MR) is 124 cm³/mol. The van der Waals surface area contributed by atoms with Crippen molar-refractivity contribution in [2.45, 2.75) is 18.1 Å². The molecule has 3 rings (SSSR count). The molecule has 2 aromatic carbocycles. The minimum atomic E-state index is -0.418. The molecule has 2 amide bonds. The fourth-order valence-electron chi connectivity index (χ4n) is 2.77. The first-order valence-corrected chi connectivity index (χ1v) is 11.2. The first kappa shape index (κ1) is 23.4. The molecule has 0 aliphatic carbocycles. The van der Waals surface area contributed by atoms with E-state index in [9.17, 15) is 9.59 Å². The van der Waals surface area contributed by atoms with Crippen molar-refractivity contribution in [3.05, 3.63) is 68.9 Å². The zero-order valence-corrected chi connectivity index (χ0v) is 19.6. The van der Waals surface area contributed by atoms with Crippen molar-refractivity contribution in [1.29, 1.82) is 0 Å². The molecule has 1 atom stereocenters. The molecule has 3 aromatic rings. The van der Waals surface area contributed by atoms with Crippen LogP contribution in [0.15, 0.2) is 47.6 Å². The van der Waals surface area contributed by atoms with Gasteiger partial charge in [0.1, 0.15) is 0 Å². The number of anilines is 1. The molecule has 0 saturated carbocycles. The fraction of sp³-hybridized carbons (Fsp3) is 0.200. The Labute approximate surface area is 198 Å².